The molecule has 2 rings (SSSR count). The van der Waals surface area contributed by atoms with Crippen LogP contribution in [0.1, 0.15) is 11.1 Å². The minimum absolute atomic E-state index is 0.863. The van der Waals surface area contributed by atoms with Crippen LogP contribution in [0.4, 0.5) is 0 Å². The Bertz CT molecular complexity index is 378. The Kier molecular flexibility index (Phi) is 5.83. The van der Waals surface area contributed by atoms with E-state index in [1.54, 1.807) is 0 Å². The Balaban J connectivity index is 1.68. The van der Waals surface area contributed by atoms with Gasteiger partial charge < -0.3 is 10.2 Å². The molecule has 1 saturated heterocycles. The SMILES string of the molecule is Cc1ccc(CNCCN2CCSCC2)c(Cl)c1. The number of thioether (sulfide) groups is 1. The van der Waals surface area contributed by atoms with Gasteiger partial charge in [-0.05, 0) is 24.1 Å². The van der Waals surface area contributed by atoms with Gasteiger partial charge in [0.05, 0.1) is 0 Å². The summed E-state index contributed by atoms with van der Waals surface area (Å²) in [5, 5.41) is 4.35. The average molecular weight is 285 g/mol. The molecule has 100 valence electrons. The van der Waals surface area contributed by atoms with E-state index in [4.69, 9.17) is 11.6 Å². The minimum atomic E-state index is 0.863. The van der Waals surface area contributed by atoms with Crippen molar-refractivity contribution < 1.29 is 0 Å². The van der Waals surface area contributed by atoms with Crippen LogP contribution in [0.15, 0.2) is 18.2 Å². The summed E-state index contributed by atoms with van der Waals surface area (Å²) >= 11 is 8.26. The van der Waals surface area contributed by atoms with Crippen LogP contribution in [0.5, 0.6) is 0 Å². The zero-order valence-corrected chi connectivity index (χ0v) is 12.5. The fourth-order valence-electron chi connectivity index (χ4n) is 2.08. The lowest BCUT2D eigenvalue weighted by molar-refractivity contribution is 0.301. The number of rotatable bonds is 5. The van der Waals surface area contributed by atoms with Gasteiger partial charge in [0.2, 0.25) is 0 Å². The Hall–Kier alpha value is -0.220. The molecule has 0 amide bonds. The van der Waals surface area contributed by atoms with Crippen molar-refractivity contribution in [3.63, 3.8) is 0 Å². The molecular formula is C14H21ClN2S. The molecule has 1 N–H and O–H groups in total. The van der Waals surface area contributed by atoms with Gasteiger partial charge in [-0.15, -0.1) is 0 Å². The van der Waals surface area contributed by atoms with Gasteiger partial charge in [-0.25, -0.2) is 0 Å². The summed E-state index contributed by atoms with van der Waals surface area (Å²) in [6, 6.07) is 6.26. The molecule has 1 aromatic carbocycles. The highest BCUT2D eigenvalue weighted by atomic mass is 35.5. The first kappa shape index (κ1) is 14.2. The molecule has 4 heteroatoms. The van der Waals surface area contributed by atoms with Crippen molar-refractivity contribution >= 4 is 23.4 Å². The van der Waals surface area contributed by atoms with Crippen LogP contribution in [-0.4, -0.2) is 42.6 Å². The quantitative estimate of drug-likeness (QED) is 0.837. The predicted octanol–water partition coefficient (Wildman–Crippen LogP) is 2.79. The maximum absolute atomic E-state index is 6.20. The molecule has 0 saturated carbocycles. The van der Waals surface area contributed by atoms with E-state index in [-0.39, 0.29) is 0 Å². The number of hydrogen-bond donors (Lipinski definition) is 1. The molecule has 0 aromatic heterocycles. The fraction of sp³-hybridized carbons (Fsp3) is 0.571. The van der Waals surface area contributed by atoms with Crippen molar-refractivity contribution in [1.29, 1.82) is 0 Å². The van der Waals surface area contributed by atoms with E-state index in [1.807, 2.05) is 6.07 Å². The molecule has 0 aliphatic carbocycles. The molecule has 0 radical (unpaired) electrons. The lowest BCUT2D eigenvalue weighted by Crippen LogP contribution is -2.37. The van der Waals surface area contributed by atoms with Crippen molar-refractivity contribution in [3.05, 3.63) is 34.3 Å². The van der Waals surface area contributed by atoms with Crippen molar-refractivity contribution in [2.75, 3.05) is 37.7 Å². The molecule has 1 aromatic rings. The summed E-state index contributed by atoms with van der Waals surface area (Å²) in [5.41, 5.74) is 2.41. The maximum Gasteiger partial charge on any atom is 0.0453 e. The second kappa shape index (κ2) is 7.39. The lowest BCUT2D eigenvalue weighted by atomic mass is 10.1. The maximum atomic E-state index is 6.20. The summed E-state index contributed by atoms with van der Waals surface area (Å²) in [4.78, 5) is 2.53. The largest absolute Gasteiger partial charge is 0.311 e. The molecule has 18 heavy (non-hydrogen) atoms. The second-order valence-electron chi connectivity index (χ2n) is 4.73. The number of halogens is 1. The molecule has 0 spiro atoms. The highest BCUT2D eigenvalue weighted by molar-refractivity contribution is 7.99. The van der Waals surface area contributed by atoms with E-state index in [2.05, 4.69) is 41.0 Å². The predicted molar refractivity (Wildman–Crippen MR) is 81.7 cm³/mol. The number of aryl methyl sites for hydroxylation is 1. The fourth-order valence-corrected chi connectivity index (χ4v) is 3.36. The molecule has 0 unspecified atom stereocenters. The van der Waals surface area contributed by atoms with Crippen LogP contribution < -0.4 is 5.32 Å². The molecule has 1 aliphatic rings. The molecule has 2 nitrogen and oxygen atoms in total. The third kappa shape index (κ3) is 4.47. The standard InChI is InChI=1S/C14H21ClN2S/c1-12-2-3-13(14(15)10-12)11-16-4-5-17-6-8-18-9-7-17/h2-3,10,16H,4-9,11H2,1H3. The highest BCUT2D eigenvalue weighted by Gasteiger charge is 2.09. The van der Waals surface area contributed by atoms with Gasteiger partial charge in [-0.1, -0.05) is 23.7 Å². The van der Waals surface area contributed by atoms with Crippen molar-refractivity contribution in [2.45, 2.75) is 13.5 Å². The first-order chi connectivity index (χ1) is 8.75. The van der Waals surface area contributed by atoms with Crippen LogP contribution in [0.2, 0.25) is 5.02 Å². The smallest absolute Gasteiger partial charge is 0.0453 e. The van der Waals surface area contributed by atoms with Crippen LogP contribution >= 0.6 is 23.4 Å². The molecule has 1 fully saturated rings. The van der Waals surface area contributed by atoms with Gasteiger partial charge in [-0.2, -0.15) is 11.8 Å². The summed E-state index contributed by atoms with van der Waals surface area (Å²) < 4.78 is 0. The van der Waals surface area contributed by atoms with E-state index in [9.17, 15) is 0 Å². The van der Waals surface area contributed by atoms with Gasteiger partial charge in [0.25, 0.3) is 0 Å². The number of nitrogens with one attached hydrogen (secondary N) is 1. The van der Waals surface area contributed by atoms with Crippen molar-refractivity contribution in [1.82, 2.24) is 10.2 Å². The van der Waals surface area contributed by atoms with Crippen molar-refractivity contribution in [2.24, 2.45) is 0 Å². The van der Waals surface area contributed by atoms with E-state index < -0.39 is 0 Å². The van der Waals surface area contributed by atoms with Crippen LogP contribution in [-0.2, 0) is 6.54 Å². The zero-order chi connectivity index (χ0) is 12.8. The number of nitrogens with zero attached hydrogens (tertiary/aromatic N) is 1. The van der Waals surface area contributed by atoms with E-state index in [1.165, 1.54) is 35.7 Å². The molecule has 1 heterocycles. The number of benzene rings is 1. The molecule has 0 atom stereocenters. The monoisotopic (exact) mass is 284 g/mol. The normalized spacial score (nSPS) is 17.0. The summed E-state index contributed by atoms with van der Waals surface area (Å²) in [6.45, 7) is 7.58. The highest BCUT2D eigenvalue weighted by Crippen LogP contribution is 2.17. The third-order valence-corrected chi connectivity index (χ3v) is 4.53. The molecule has 0 bridgehead atoms. The molecule has 1 aliphatic heterocycles. The Morgan fingerprint density at radius 1 is 1.33 bits per heavy atom. The van der Waals surface area contributed by atoms with E-state index in [0.29, 0.717) is 0 Å². The van der Waals surface area contributed by atoms with Crippen LogP contribution in [0.25, 0.3) is 0 Å². The lowest BCUT2D eigenvalue weighted by Gasteiger charge is -2.26. The van der Waals surface area contributed by atoms with Gasteiger partial charge >= 0.3 is 0 Å². The minimum Gasteiger partial charge on any atom is -0.311 e. The topological polar surface area (TPSA) is 15.3 Å². The number of hydrogen-bond acceptors (Lipinski definition) is 3. The van der Waals surface area contributed by atoms with E-state index in [0.717, 1.165) is 24.7 Å². The van der Waals surface area contributed by atoms with Crippen LogP contribution in [0.3, 0.4) is 0 Å². The Morgan fingerprint density at radius 3 is 2.83 bits per heavy atom. The third-order valence-electron chi connectivity index (χ3n) is 3.23. The van der Waals surface area contributed by atoms with E-state index >= 15 is 0 Å². The first-order valence-electron chi connectivity index (χ1n) is 6.51. The second-order valence-corrected chi connectivity index (χ2v) is 6.36. The van der Waals surface area contributed by atoms with Gasteiger partial charge in [0, 0.05) is 49.3 Å². The van der Waals surface area contributed by atoms with Gasteiger partial charge in [0.1, 0.15) is 0 Å². The average Bonchev–Trinajstić information content (AvgIpc) is 2.38. The summed E-state index contributed by atoms with van der Waals surface area (Å²) in [5.74, 6) is 2.56. The zero-order valence-electron chi connectivity index (χ0n) is 10.9. The summed E-state index contributed by atoms with van der Waals surface area (Å²) in [7, 11) is 0. The van der Waals surface area contributed by atoms with Crippen LogP contribution in [0, 0.1) is 6.92 Å². The summed E-state index contributed by atoms with van der Waals surface area (Å²) in [6.07, 6.45) is 0. The Morgan fingerprint density at radius 2 is 2.11 bits per heavy atom. The Labute approximate surface area is 119 Å². The molecular weight excluding hydrogens is 264 g/mol. The first-order valence-corrected chi connectivity index (χ1v) is 8.05. The van der Waals surface area contributed by atoms with Gasteiger partial charge in [-0.3, -0.25) is 0 Å². The van der Waals surface area contributed by atoms with Crippen molar-refractivity contribution in [3.8, 4) is 0 Å². The van der Waals surface area contributed by atoms with Gasteiger partial charge in [0.15, 0.2) is 0 Å².